The van der Waals surface area contributed by atoms with Gasteiger partial charge in [-0.25, -0.2) is 4.79 Å². The van der Waals surface area contributed by atoms with Crippen LogP contribution in [0.3, 0.4) is 0 Å². The van der Waals surface area contributed by atoms with E-state index in [1.807, 2.05) is 12.1 Å². The zero-order valence-corrected chi connectivity index (χ0v) is 15.7. The maximum atomic E-state index is 12.0. The topological polar surface area (TPSA) is 85.9 Å². The lowest BCUT2D eigenvalue weighted by atomic mass is 10.2. The van der Waals surface area contributed by atoms with Crippen LogP contribution in [0.1, 0.15) is 22.3 Å². The molecule has 0 saturated heterocycles. The zero-order chi connectivity index (χ0) is 19.6. The molecule has 0 spiro atoms. The van der Waals surface area contributed by atoms with Crippen LogP contribution in [0.25, 0.3) is 0 Å². The molecule has 7 heteroatoms. The smallest absolute Gasteiger partial charge is 0.337 e. The molecule has 0 aliphatic carbocycles. The van der Waals surface area contributed by atoms with Crippen molar-refractivity contribution < 1.29 is 23.8 Å². The Morgan fingerprint density at radius 2 is 1.63 bits per heavy atom. The second-order valence-electron chi connectivity index (χ2n) is 5.71. The van der Waals surface area contributed by atoms with Crippen molar-refractivity contribution in [2.24, 2.45) is 0 Å². The van der Waals surface area contributed by atoms with Crippen LogP contribution in [0, 0.1) is 0 Å². The van der Waals surface area contributed by atoms with Gasteiger partial charge in [-0.1, -0.05) is 6.07 Å². The van der Waals surface area contributed by atoms with Crippen LogP contribution in [0.5, 0.6) is 11.5 Å². The zero-order valence-electron chi connectivity index (χ0n) is 15.7. The molecule has 2 aromatic rings. The summed E-state index contributed by atoms with van der Waals surface area (Å²) in [5, 5.41) is 6.01. The molecule has 1 amide bonds. The van der Waals surface area contributed by atoms with Gasteiger partial charge in [0.15, 0.2) is 11.5 Å². The predicted molar refractivity (Wildman–Crippen MR) is 102 cm³/mol. The van der Waals surface area contributed by atoms with E-state index >= 15 is 0 Å². The molecule has 2 aromatic carbocycles. The summed E-state index contributed by atoms with van der Waals surface area (Å²) in [4.78, 5) is 23.4. The molecule has 0 unspecified atom stereocenters. The third kappa shape index (κ3) is 5.91. The van der Waals surface area contributed by atoms with E-state index < -0.39 is 0 Å². The normalized spacial score (nSPS) is 10.0. The van der Waals surface area contributed by atoms with E-state index in [4.69, 9.17) is 9.47 Å². The predicted octanol–water partition coefficient (Wildman–Crippen LogP) is 2.61. The van der Waals surface area contributed by atoms with Gasteiger partial charge >= 0.3 is 5.97 Å². The number of esters is 1. The number of ether oxygens (including phenoxy) is 3. The standard InChI is InChI=1S/C20H24N2O5/c1-25-17-9-4-14(12-18(17)26-2)13-22-19(23)10-11-21-16-7-5-15(6-8-16)20(24)27-3/h4-9,12,21H,10-11,13H2,1-3H3,(H,22,23). The Morgan fingerprint density at radius 1 is 0.926 bits per heavy atom. The Labute approximate surface area is 158 Å². The minimum Gasteiger partial charge on any atom is -0.493 e. The molecule has 0 atom stereocenters. The third-order valence-corrected chi connectivity index (χ3v) is 3.92. The largest absolute Gasteiger partial charge is 0.493 e. The second kappa shape index (κ2) is 10.1. The molecule has 0 aliphatic heterocycles. The van der Waals surface area contributed by atoms with Crippen LogP contribution in [0.4, 0.5) is 5.69 Å². The summed E-state index contributed by atoms with van der Waals surface area (Å²) in [6.45, 7) is 0.891. The maximum Gasteiger partial charge on any atom is 0.337 e. The number of rotatable bonds is 9. The fourth-order valence-corrected chi connectivity index (χ4v) is 2.44. The average Bonchev–Trinajstić information content (AvgIpc) is 2.71. The van der Waals surface area contributed by atoms with Crippen molar-refractivity contribution in [3.63, 3.8) is 0 Å². The van der Waals surface area contributed by atoms with Crippen molar-refractivity contribution in [3.8, 4) is 11.5 Å². The lowest BCUT2D eigenvalue weighted by Crippen LogP contribution is -2.24. The van der Waals surface area contributed by atoms with E-state index in [9.17, 15) is 9.59 Å². The quantitative estimate of drug-likeness (QED) is 0.658. The molecule has 0 heterocycles. The summed E-state index contributed by atoms with van der Waals surface area (Å²) in [5.74, 6) is 0.830. The lowest BCUT2D eigenvalue weighted by Gasteiger charge is -2.11. The molecule has 0 aromatic heterocycles. The Balaban J connectivity index is 1.75. The van der Waals surface area contributed by atoms with Crippen molar-refractivity contribution in [2.75, 3.05) is 33.2 Å². The first-order valence-electron chi connectivity index (χ1n) is 8.47. The number of anilines is 1. The Bertz CT molecular complexity index is 774. The highest BCUT2D eigenvalue weighted by Crippen LogP contribution is 2.27. The first-order chi connectivity index (χ1) is 13.1. The van der Waals surface area contributed by atoms with Gasteiger partial charge in [-0.3, -0.25) is 4.79 Å². The molecule has 0 radical (unpaired) electrons. The van der Waals surface area contributed by atoms with Crippen LogP contribution in [0.15, 0.2) is 42.5 Å². The molecule has 144 valence electrons. The van der Waals surface area contributed by atoms with Crippen molar-refractivity contribution >= 4 is 17.6 Å². The first kappa shape index (κ1) is 20.1. The van der Waals surface area contributed by atoms with E-state index in [0.717, 1.165) is 11.3 Å². The summed E-state index contributed by atoms with van der Waals surface area (Å²) in [7, 11) is 4.49. The van der Waals surface area contributed by atoms with Gasteiger partial charge in [0.05, 0.1) is 26.9 Å². The molecular formula is C20H24N2O5. The SMILES string of the molecule is COC(=O)c1ccc(NCCC(=O)NCc2ccc(OC)c(OC)c2)cc1. The summed E-state index contributed by atoms with van der Waals surface area (Å²) in [6, 6.07) is 12.4. The van der Waals surface area contributed by atoms with Crippen molar-refractivity contribution in [1.82, 2.24) is 5.32 Å². The highest BCUT2D eigenvalue weighted by molar-refractivity contribution is 5.89. The van der Waals surface area contributed by atoms with Crippen molar-refractivity contribution in [3.05, 3.63) is 53.6 Å². The summed E-state index contributed by atoms with van der Waals surface area (Å²) >= 11 is 0. The minimum absolute atomic E-state index is 0.0662. The molecule has 0 saturated carbocycles. The third-order valence-electron chi connectivity index (χ3n) is 3.92. The molecule has 2 rings (SSSR count). The molecule has 2 N–H and O–H groups in total. The van der Waals surface area contributed by atoms with Crippen LogP contribution in [-0.4, -0.2) is 39.8 Å². The van der Waals surface area contributed by atoms with E-state index in [-0.39, 0.29) is 11.9 Å². The van der Waals surface area contributed by atoms with Gasteiger partial charge in [0.2, 0.25) is 5.91 Å². The number of nitrogens with one attached hydrogen (secondary N) is 2. The molecule has 0 bridgehead atoms. The minimum atomic E-state index is -0.379. The van der Waals surface area contributed by atoms with Gasteiger partial charge in [-0.05, 0) is 42.0 Å². The monoisotopic (exact) mass is 372 g/mol. The maximum absolute atomic E-state index is 12.0. The number of carbonyl (C=O) groups excluding carboxylic acids is 2. The van der Waals surface area contributed by atoms with E-state index in [1.54, 1.807) is 44.6 Å². The van der Waals surface area contributed by atoms with Crippen LogP contribution in [-0.2, 0) is 16.1 Å². The number of hydrogen-bond acceptors (Lipinski definition) is 6. The summed E-state index contributed by atoms with van der Waals surface area (Å²) in [5.41, 5.74) is 2.23. The van der Waals surface area contributed by atoms with Gasteiger partial charge in [-0.2, -0.15) is 0 Å². The van der Waals surface area contributed by atoms with Crippen LogP contribution < -0.4 is 20.1 Å². The number of carbonyl (C=O) groups is 2. The van der Waals surface area contributed by atoms with Crippen LogP contribution in [0.2, 0.25) is 0 Å². The molecule has 27 heavy (non-hydrogen) atoms. The molecular weight excluding hydrogens is 348 g/mol. The molecule has 0 fully saturated rings. The van der Waals surface area contributed by atoms with Gasteiger partial charge in [0.25, 0.3) is 0 Å². The van der Waals surface area contributed by atoms with E-state index in [2.05, 4.69) is 15.4 Å². The first-order valence-corrected chi connectivity index (χ1v) is 8.47. The number of hydrogen-bond donors (Lipinski definition) is 2. The van der Waals surface area contributed by atoms with Crippen LogP contribution >= 0.6 is 0 Å². The number of methoxy groups -OCH3 is 3. The van der Waals surface area contributed by atoms with Gasteiger partial charge < -0.3 is 24.8 Å². The van der Waals surface area contributed by atoms with Gasteiger partial charge in [-0.15, -0.1) is 0 Å². The van der Waals surface area contributed by atoms with Gasteiger partial charge in [0.1, 0.15) is 0 Å². The van der Waals surface area contributed by atoms with E-state index in [0.29, 0.717) is 36.6 Å². The van der Waals surface area contributed by atoms with E-state index in [1.165, 1.54) is 7.11 Å². The van der Waals surface area contributed by atoms with Gasteiger partial charge in [0, 0.05) is 25.2 Å². The van der Waals surface area contributed by atoms with Crippen molar-refractivity contribution in [1.29, 1.82) is 0 Å². The highest BCUT2D eigenvalue weighted by atomic mass is 16.5. The Kier molecular flexibility index (Phi) is 7.49. The second-order valence-corrected chi connectivity index (χ2v) is 5.71. The Hall–Kier alpha value is -3.22. The summed E-state index contributed by atoms with van der Waals surface area (Å²) in [6.07, 6.45) is 0.325. The number of benzene rings is 2. The number of amides is 1. The highest BCUT2D eigenvalue weighted by Gasteiger charge is 2.07. The molecule has 7 nitrogen and oxygen atoms in total. The fourth-order valence-electron chi connectivity index (χ4n) is 2.44. The summed E-state index contributed by atoms with van der Waals surface area (Å²) < 4.78 is 15.1. The fraction of sp³-hybridized carbons (Fsp3) is 0.300. The average molecular weight is 372 g/mol. The Morgan fingerprint density at radius 3 is 2.26 bits per heavy atom. The molecule has 0 aliphatic rings. The van der Waals surface area contributed by atoms with Crippen molar-refractivity contribution in [2.45, 2.75) is 13.0 Å². The lowest BCUT2D eigenvalue weighted by molar-refractivity contribution is -0.121.